The lowest BCUT2D eigenvalue weighted by Crippen LogP contribution is -2.09. The molecule has 2 aromatic heterocycles. The third-order valence-corrected chi connectivity index (χ3v) is 8.03. The van der Waals surface area contributed by atoms with Crippen LogP contribution in [0, 0.1) is 17.9 Å². The van der Waals surface area contributed by atoms with Crippen molar-refractivity contribution in [3.8, 4) is 40.1 Å². The van der Waals surface area contributed by atoms with Gasteiger partial charge in [-0.25, -0.2) is 14.8 Å². The molecule has 47 heavy (non-hydrogen) atoms. The van der Waals surface area contributed by atoms with E-state index in [9.17, 15) is 5.26 Å². The van der Waals surface area contributed by atoms with Crippen molar-refractivity contribution in [2.24, 2.45) is 0 Å². The summed E-state index contributed by atoms with van der Waals surface area (Å²) in [5, 5.41) is 9.34. The van der Waals surface area contributed by atoms with Crippen LogP contribution in [0.1, 0.15) is 5.56 Å². The van der Waals surface area contributed by atoms with E-state index in [4.69, 9.17) is 15.4 Å². The molecule has 0 saturated heterocycles. The minimum Gasteiger partial charge on any atom is -0.436 e. The van der Waals surface area contributed by atoms with Gasteiger partial charge < -0.3 is 13.7 Å². The van der Waals surface area contributed by atoms with Gasteiger partial charge in [0.05, 0.1) is 18.2 Å². The lowest BCUT2D eigenvalue weighted by atomic mass is 10.0. The van der Waals surface area contributed by atoms with E-state index in [-0.39, 0.29) is 0 Å². The van der Waals surface area contributed by atoms with Crippen LogP contribution in [0.5, 0.6) is 0 Å². The second kappa shape index (κ2) is 11.5. The molecule has 0 bridgehead atoms. The molecule has 7 heteroatoms. The number of anilines is 3. The van der Waals surface area contributed by atoms with Crippen molar-refractivity contribution in [3.05, 3.63) is 157 Å². The van der Waals surface area contributed by atoms with Crippen molar-refractivity contribution in [1.82, 2.24) is 9.97 Å². The summed E-state index contributed by atoms with van der Waals surface area (Å²) in [5.74, 6) is 1.13. The molecule has 0 atom stereocenters. The Hall–Kier alpha value is -6.96. The molecule has 0 spiro atoms. The van der Waals surface area contributed by atoms with Crippen molar-refractivity contribution in [2.45, 2.75) is 0 Å². The Kier molecular flexibility index (Phi) is 6.76. The highest BCUT2D eigenvalue weighted by atomic mass is 16.4. The Morgan fingerprint density at radius 1 is 0.553 bits per heavy atom. The number of rotatable bonds is 6. The monoisotopic (exact) mass is 605 g/mol. The summed E-state index contributed by atoms with van der Waals surface area (Å²) in [6.07, 6.45) is 0. The standard InChI is InChI=1S/C40H23N5O2/c1-42-36-24-29(10-11-30(36)25-41)26-12-18-31(19-13-26)45(32-20-14-27(15-21-32)39-43-34-6-2-4-8-37(34)46-39)33-22-16-28(17-23-33)40-44-35-7-3-5-9-38(35)47-40/h2-24H. The molecule has 0 saturated carbocycles. The molecule has 0 amide bonds. The fourth-order valence-electron chi connectivity index (χ4n) is 5.65. The predicted octanol–water partition coefficient (Wildman–Crippen LogP) is 10.9. The lowest BCUT2D eigenvalue weighted by Gasteiger charge is -2.26. The van der Waals surface area contributed by atoms with Crippen LogP contribution in [0.3, 0.4) is 0 Å². The molecule has 0 fully saturated rings. The van der Waals surface area contributed by atoms with Crippen molar-refractivity contribution in [2.75, 3.05) is 4.90 Å². The molecule has 8 rings (SSSR count). The Bertz CT molecular complexity index is 2300. The number of hydrogen-bond donors (Lipinski definition) is 0. The van der Waals surface area contributed by atoms with Gasteiger partial charge in [0.15, 0.2) is 11.2 Å². The SMILES string of the molecule is [C-]#[N+]c1cc(-c2ccc(N(c3ccc(-c4nc5ccccc5o4)cc3)c3ccc(-c4nc5ccccc5o4)cc3)cc2)ccc1C#N. The van der Waals surface area contributed by atoms with Gasteiger partial charge in [-0.05, 0) is 102 Å². The second-order valence-electron chi connectivity index (χ2n) is 10.9. The van der Waals surface area contributed by atoms with Crippen LogP contribution in [-0.2, 0) is 0 Å². The first kappa shape index (κ1) is 27.6. The molecule has 0 aliphatic heterocycles. The first-order valence-corrected chi connectivity index (χ1v) is 14.9. The van der Waals surface area contributed by atoms with Gasteiger partial charge in [0, 0.05) is 28.2 Å². The first-order valence-electron chi connectivity index (χ1n) is 14.9. The summed E-state index contributed by atoms with van der Waals surface area (Å²) in [6.45, 7) is 7.47. The highest BCUT2D eigenvalue weighted by molar-refractivity contribution is 5.82. The Morgan fingerprint density at radius 2 is 1.00 bits per heavy atom. The van der Waals surface area contributed by atoms with E-state index < -0.39 is 0 Å². The number of para-hydroxylation sites is 4. The fourth-order valence-corrected chi connectivity index (χ4v) is 5.65. The van der Waals surface area contributed by atoms with Crippen LogP contribution < -0.4 is 4.90 Å². The van der Waals surface area contributed by atoms with Crippen LogP contribution in [0.2, 0.25) is 0 Å². The van der Waals surface area contributed by atoms with Crippen molar-refractivity contribution >= 4 is 44.9 Å². The van der Waals surface area contributed by atoms with Gasteiger partial charge in [-0.2, -0.15) is 5.26 Å². The molecular weight excluding hydrogens is 582 g/mol. The molecule has 0 unspecified atom stereocenters. The number of fused-ring (bicyclic) bond motifs is 2. The molecule has 0 N–H and O–H groups in total. The molecule has 0 radical (unpaired) electrons. The largest absolute Gasteiger partial charge is 0.436 e. The molecule has 7 nitrogen and oxygen atoms in total. The van der Waals surface area contributed by atoms with E-state index in [0.29, 0.717) is 23.0 Å². The second-order valence-corrected chi connectivity index (χ2v) is 10.9. The molecule has 0 aliphatic carbocycles. The average Bonchev–Trinajstić information content (AvgIpc) is 3.77. The zero-order valence-electron chi connectivity index (χ0n) is 24.8. The number of oxazole rings is 2. The minimum absolute atomic E-state index is 0.341. The van der Waals surface area contributed by atoms with E-state index in [1.807, 2.05) is 91.0 Å². The van der Waals surface area contributed by atoms with E-state index in [1.54, 1.807) is 12.1 Å². The van der Waals surface area contributed by atoms with Gasteiger partial charge >= 0.3 is 0 Å². The predicted molar refractivity (Wildman–Crippen MR) is 184 cm³/mol. The highest BCUT2D eigenvalue weighted by Gasteiger charge is 2.16. The smallest absolute Gasteiger partial charge is 0.227 e. The van der Waals surface area contributed by atoms with Gasteiger partial charge in [-0.1, -0.05) is 48.5 Å². The van der Waals surface area contributed by atoms with Gasteiger partial charge in [0.25, 0.3) is 0 Å². The number of nitrogens with zero attached hydrogens (tertiary/aromatic N) is 5. The fraction of sp³-hybridized carbons (Fsp3) is 0. The Morgan fingerprint density at radius 3 is 1.45 bits per heavy atom. The molecular formula is C40H23N5O2. The van der Waals surface area contributed by atoms with Gasteiger partial charge in [0.1, 0.15) is 11.0 Å². The maximum atomic E-state index is 9.34. The quantitative estimate of drug-likeness (QED) is 0.175. The van der Waals surface area contributed by atoms with E-state index in [1.165, 1.54) is 0 Å². The minimum atomic E-state index is 0.341. The zero-order chi connectivity index (χ0) is 31.7. The van der Waals surface area contributed by atoms with Crippen LogP contribution in [0.4, 0.5) is 22.7 Å². The maximum absolute atomic E-state index is 9.34. The maximum Gasteiger partial charge on any atom is 0.227 e. The number of nitriles is 1. The molecule has 0 aliphatic rings. The van der Waals surface area contributed by atoms with Gasteiger partial charge in [0.2, 0.25) is 17.5 Å². The third-order valence-electron chi connectivity index (χ3n) is 8.03. The molecule has 8 aromatic rings. The highest BCUT2D eigenvalue weighted by Crippen LogP contribution is 2.38. The molecule has 2 heterocycles. The normalized spacial score (nSPS) is 10.9. The summed E-state index contributed by atoms with van der Waals surface area (Å²) < 4.78 is 12.0. The van der Waals surface area contributed by atoms with Crippen LogP contribution in [-0.4, -0.2) is 9.97 Å². The van der Waals surface area contributed by atoms with Gasteiger partial charge in [-0.15, -0.1) is 0 Å². The molecule has 6 aromatic carbocycles. The number of benzene rings is 6. The van der Waals surface area contributed by atoms with Gasteiger partial charge in [-0.3, -0.25) is 0 Å². The van der Waals surface area contributed by atoms with Crippen LogP contribution in [0.25, 0.3) is 61.1 Å². The Balaban J connectivity index is 1.17. The van der Waals surface area contributed by atoms with Crippen LogP contribution >= 0.6 is 0 Å². The zero-order valence-corrected chi connectivity index (χ0v) is 24.8. The van der Waals surface area contributed by atoms with Crippen molar-refractivity contribution in [3.63, 3.8) is 0 Å². The number of hydrogen-bond acceptors (Lipinski definition) is 6. The average molecular weight is 606 g/mol. The van der Waals surface area contributed by atoms with E-state index >= 15 is 0 Å². The summed E-state index contributed by atoms with van der Waals surface area (Å²) in [5.41, 5.74) is 10.2. The summed E-state index contributed by atoms with van der Waals surface area (Å²) in [4.78, 5) is 15.0. The summed E-state index contributed by atoms with van der Waals surface area (Å²) >= 11 is 0. The Labute approximate surface area is 270 Å². The topological polar surface area (TPSA) is 83.5 Å². The van der Waals surface area contributed by atoms with Crippen molar-refractivity contribution < 1.29 is 8.83 Å². The summed E-state index contributed by atoms with van der Waals surface area (Å²) in [6, 6.07) is 47.3. The lowest BCUT2D eigenvalue weighted by molar-refractivity contribution is 0.619. The van der Waals surface area contributed by atoms with E-state index in [2.05, 4.69) is 62.2 Å². The molecule has 220 valence electrons. The first-order chi connectivity index (χ1) is 23.2. The third kappa shape index (κ3) is 5.14. The summed E-state index contributed by atoms with van der Waals surface area (Å²) in [7, 11) is 0. The van der Waals surface area contributed by atoms with Crippen LogP contribution in [0.15, 0.2) is 148 Å². The van der Waals surface area contributed by atoms with E-state index in [0.717, 1.165) is 61.5 Å². The number of aromatic nitrogens is 2. The van der Waals surface area contributed by atoms with Crippen molar-refractivity contribution in [1.29, 1.82) is 5.26 Å².